The number of pyridine rings is 1. The lowest BCUT2D eigenvalue weighted by Gasteiger charge is -2.36. The van der Waals surface area contributed by atoms with Crippen LogP contribution in [0, 0.1) is 17.3 Å². The fourth-order valence-electron chi connectivity index (χ4n) is 3.11. The van der Waals surface area contributed by atoms with Crippen molar-refractivity contribution < 1.29 is 21.3 Å². The molecule has 0 radical (unpaired) electrons. The van der Waals surface area contributed by atoms with Crippen molar-refractivity contribution in [3.05, 3.63) is 18.5 Å². The van der Waals surface area contributed by atoms with Crippen molar-refractivity contribution in [3.63, 3.8) is 0 Å². The first-order chi connectivity index (χ1) is 11.0. The molecule has 1 aliphatic rings. The van der Waals surface area contributed by atoms with E-state index in [1.165, 1.54) is 12.3 Å². The van der Waals surface area contributed by atoms with Crippen LogP contribution in [0.1, 0.15) is 46.5 Å². The van der Waals surface area contributed by atoms with Gasteiger partial charge in [0.15, 0.2) is 5.75 Å². The molecule has 0 aliphatic heterocycles. The second-order valence-corrected chi connectivity index (χ2v) is 8.24. The highest BCUT2D eigenvalue weighted by atomic mass is 32.3. The zero-order chi connectivity index (χ0) is 18.0. The van der Waals surface area contributed by atoms with Crippen LogP contribution in [0.25, 0.3) is 0 Å². The van der Waals surface area contributed by atoms with Crippen LogP contribution < -0.4 is 9.50 Å². The van der Waals surface area contributed by atoms with Crippen molar-refractivity contribution in [2.75, 3.05) is 5.32 Å². The van der Waals surface area contributed by atoms with E-state index in [2.05, 4.69) is 35.3 Å². The maximum Gasteiger partial charge on any atom is 0.488 e. The molecule has 1 aliphatic carbocycles. The molecule has 0 unspecified atom stereocenters. The fourth-order valence-corrected chi connectivity index (χ4v) is 3.43. The first-order valence-corrected chi connectivity index (χ1v) is 9.25. The molecule has 134 valence electrons. The van der Waals surface area contributed by atoms with Crippen molar-refractivity contribution >= 4 is 22.1 Å². The summed E-state index contributed by atoms with van der Waals surface area (Å²) in [6.45, 7) is 6.65. The average molecular weight is 358 g/mol. The van der Waals surface area contributed by atoms with Gasteiger partial charge < -0.3 is 9.50 Å². The Morgan fingerprint density at radius 1 is 1.25 bits per heavy atom. The molecule has 0 bridgehead atoms. The van der Waals surface area contributed by atoms with Crippen LogP contribution in [-0.2, 0) is 15.3 Å². The Labute approximate surface area is 142 Å². The monoisotopic (exact) mass is 358 g/mol. The topological polar surface area (TPSA) is 85.4 Å². The van der Waals surface area contributed by atoms with Crippen LogP contribution in [0.3, 0.4) is 0 Å². The molecule has 1 aromatic rings. The number of hydrogen-bond donors (Lipinski definition) is 1. The Hall–Kier alpha value is -1.70. The molecule has 8 heteroatoms. The number of nitrogens with one attached hydrogen (secondary N) is 1. The Morgan fingerprint density at radius 3 is 2.42 bits per heavy atom. The summed E-state index contributed by atoms with van der Waals surface area (Å²) >= 11 is 0. The van der Waals surface area contributed by atoms with E-state index in [0.717, 1.165) is 31.9 Å². The summed E-state index contributed by atoms with van der Waals surface area (Å²) in [5.74, 6) is 0.101. The summed E-state index contributed by atoms with van der Waals surface area (Å²) in [7, 11) is -5.12. The van der Waals surface area contributed by atoms with E-state index in [9.17, 15) is 17.1 Å². The lowest BCUT2D eigenvalue weighted by molar-refractivity contribution is -0.121. The molecule has 1 N–H and O–H groups in total. The molecular formula is C16H23FN2O4S. The number of rotatable bonds is 4. The lowest BCUT2D eigenvalue weighted by atomic mass is 9.69. The third kappa shape index (κ3) is 5.43. The van der Waals surface area contributed by atoms with E-state index in [0.29, 0.717) is 5.92 Å². The quantitative estimate of drug-likeness (QED) is 0.833. The number of nitrogens with zero attached hydrogens (tertiary/aromatic N) is 1. The van der Waals surface area contributed by atoms with Gasteiger partial charge in [-0.25, -0.2) is 0 Å². The molecule has 0 aromatic carbocycles. The molecule has 0 saturated heterocycles. The van der Waals surface area contributed by atoms with Crippen molar-refractivity contribution in [1.82, 2.24) is 4.98 Å². The Balaban J connectivity index is 1.95. The third-order valence-corrected chi connectivity index (χ3v) is 4.89. The number of carbonyl (C=O) groups is 1. The van der Waals surface area contributed by atoms with Gasteiger partial charge in [-0.05, 0) is 37.0 Å². The Kier molecular flexibility index (Phi) is 5.47. The predicted molar refractivity (Wildman–Crippen MR) is 88.4 cm³/mol. The molecule has 2 rings (SSSR count). The smallest absolute Gasteiger partial charge is 0.357 e. The molecule has 6 nitrogen and oxygen atoms in total. The predicted octanol–water partition coefficient (Wildman–Crippen LogP) is 3.47. The summed E-state index contributed by atoms with van der Waals surface area (Å²) in [6.07, 6.45) is 6.05. The number of aromatic nitrogens is 1. The second kappa shape index (κ2) is 7.04. The minimum Gasteiger partial charge on any atom is -0.357 e. The van der Waals surface area contributed by atoms with Crippen LogP contribution >= 0.6 is 0 Å². The van der Waals surface area contributed by atoms with Gasteiger partial charge in [-0.1, -0.05) is 24.7 Å². The van der Waals surface area contributed by atoms with Gasteiger partial charge in [-0.15, -0.1) is 0 Å². The maximum absolute atomic E-state index is 12.5. The van der Waals surface area contributed by atoms with Crippen molar-refractivity contribution in [2.24, 2.45) is 17.3 Å². The van der Waals surface area contributed by atoms with Gasteiger partial charge in [0.05, 0.1) is 18.1 Å². The van der Waals surface area contributed by atoms with E-state index >= 15 is 0 Å². The maximum atomic E-state index is 12.5. The van der Waals surface area contributed by atoms with Gasteiger partial charge in [0.25, 0.3) is 0 Å². The van der Waals surface area contributed by atoms with Gasteiger partial charge in [0, 0.05) is 12.0 Å². The molecule has 1 amide bonds. The minimum atomic E-state index is -5.12. The summed E-state index contributed by atoms with van der Waals surface area (Å²) in [4.78, 5) is 16.1. The molecule has 1 aromatic heterocycles. The largest absolute Gasteiger partial charge is 0.488 e. The van der Waals surface area contributed by atoms with E-state index in [1.54, 1.807) is 0 Å². The summed E-state index contributed by atoms with van der Waals surface area (Å²) in [5.41, 5.74) is 0.522. The van der Waals surface area contributed by atoms with E-state index in [1.807, 2.05) is 0 Å². The molecule has 24 heavy (non-hydrogen) atoms. The fraction of sp³-hybridized carbons (Fsp3) is 0.625. The second-order valence-electron chi connectivity index (χ2n) is 7.29. The van der Waals surface area contributed by atoms with Gasteiger partial charge in [-0.3, -0.25) is 9.78 Å². The summed E-state index contributed by atoms with van der Waals surface area (Å²) in [5, 5.41) is 2.69. The molecular weight excluding hydrogens is 335 g/mol. The van der Waals surface area contributed by atoms with Gasteiger partial charge >= 0.3 is 10.5 Å². The van der Waals surface area contributed by atoms with Crippen LogP contribution in [0.4, 0.5) is 9.57 Å². The van der Waals surface area contributed by atoms with Crippen LogP contribution in [0.15, 0.2) is 18.5 Å². The Bertz CT molecular complexity index is 692. The third-order valence-electron chi connectivity index (χ3n) is 4.50. The van der Waals surface area contributed by atoms with E-state index in [-0.39, 0.29) is 28.7 Å². The summed E-state index contributed by atoms with van der Waals surface area (Å²) in [6, 6.07) is 1.23. The van der Waals surface area contributed by atoms with Crippen molar-refractivity contribution in [1.29, 1.82) is 0 Å². The van der Waals surface area contributed by atoms with Gasteiger partial charge in [0.2, 0.25) is 5.91 Å². The normalized spacial score (nSPS) is 22.0. The van der Waals surface area contributed by atoms with Crippen LogP contribution in [0.2, 0.25) is 0 Å². The van der Waals surface area contributed by atoms with E-state index in [4.69, 9.17) is 0 Å². The van der Waals surface area contributed by atoms with Gasteiger partial charge in [-0.2, -0.15) is 8.42 Å². The zero-order valence-electron chi connectivity index (χ0n) is 14.1. The molecule has 0 spiro atoms. The first kappa shape index (κ1) is 18.6. The minimum absolute atomic E-state index is 0.0851. The molecule has 1 heterocycles. The summed E-state index contributed by atoms with van der Waals surface area (Å²) < 4.78 is 37.6. The van der Waals surface area contributed by atoms with Crippen LogP contribution in [0.5, 0.6) is 5.75 Å². The molecule has 1 fully saturated rings. The molecule has 1 saturated carbocycles. The number of halogens is 1. The number of hydrogen-bond acceptors (Lipinski definition) is 5. The van der Waals surface area contributed by atoms with Crippen molar-refractivity contribution in [3.8, 4) is 5.75 Å². The SMILES string of the molecule is CC(C)(C)C1CCC(C(=O)Nc2cncc(OS(=O)(=O)F)c2)CC1. The zero-order valence-corrected chi connectivity index (χ0v) is 14.9. The Morgan fingerprint density at radius 2 is 1.88 bits per heavy atom. The van der Waals surface area contributed by atoms with Crippen molar-refractivity contribution in [2.45, 2.75) is 46.5 Å². The standard InChI is InChI=1S/C16H23FN2O4S/c1-16(2,3)12-6-4-11(5-7-12)15(20)19-13-8-14(10-18-9-13)23-24(17,21)22/h8-12H,4-7H2,1-3H3,(H,19,20). The molecule has 0 atom stereocenters. The number of carbonyl (C=O) groups excluding carboxylic acids is 1. The number of anilines is 1. The van der Waals surface area contributed by atoms with E-state index < -0.39 is 10.5 Å². The lowest BCUT2D eigenvalue weighted by Crippen LogP contribution is -2.31. The number of amides is 1. The van der Waals surface area contributed by atoms with Crippen LogP contribution in [-0.4, -0.2) is 19.3 Å². The highest BCUT2D eigenvalue weighted by molar-refractivity contribution is 7.81. The first-order valence-electron chi connectivity index (χ1n) is 7.94. The average Bonchev–Trinajstić information content (AvgIpc) is 2.45. The highest BCUT2D eigenvalue weighted by Gasteiger charge is 2.32. The van der Waals surface area contributed by atoms with Gasteiger partial charge in [0.1, 0.15) is 0 Å². The highest BCUT2D eigenvalue weighted by Crippen LogP contribution is 2.40.